The minimum absolute atomic E-state index is 0.457. The fraction of sp³-hybridized carbons (Fsp3) is 0.889. The van der Waals surface area contributed by atoms with Crippen LogP contribution < -0.4 is 0 Å². The zero-order valence-electron chi connectivity index (χ0n) is 8.71. The molecule has 0 aliphatic carbocycles. The predicted molar refractivity (Wildman–Crippen MR) is 47.1 cm³/mol. The van der Waals surface area contributed by atoms with Crippen molar-refractivity contribution in [2.24, 2.45) is 0 Å². The zero-order valence-corrected chi connectivity index (χ0v) is 7.71. The van der Waals surface area contributed by atoms with Crippen molar-refractivity contribution in [2.45, 2.75) is 45.2 Å². The highest BCUT2D eigenvalue weighted by Crippen LogP contribution is 2.19. The normalized spacial score (nSPS) is 28.2. The molecule has 1 atom stereocenters. The van der Waals surface area contributed by atoms with Gasteiger partial charge in [0.1, 0.15) is 6.04 Å². The van der Waals surface area contributed by atoms with Crippen molar-refractivity contribution in [3.63, 3.8) is 0 Å². The maximum absolute atomic E-state index is 10.9. The fourth-order valence-corrected chi connectivity index (χ4v) is 1.72. The van der Waals surface area contributed by atoms with Gasteiger partial charge in [0.25, 0.3) is 0 Å². The average Bonchev–Trinajstić information content (AvgIpc) is 2.03. The Balaban J connectivity index is 2.73. The van der Waals surface area contributed by atoms with Crippen LogP contribution in [0, 0.1) is 0 Å². The summed E-state index contributed by atoms with van der Waals surface area (Å²) in [6.07, 6.45) is 2.65. The van der Waals surface area contributed by atoms with Crippen LogP contribution in [0.25, 0.3) is 0 Å². The van der Waals surface area contributed by atoms with Crippen LogP contribution in [0.3, 0.4) is 0 Å². The fourth-order valence-electron chi connectivity index (χ4n) is 1.72. The third-order valence-electron chi connectivity index (χ3n) is 2.36. The van der Waals surface area contributed by atoms with Crippen LogP contribution in [0.1, 0.15) is 34.5 Å². The van der Waals surface area contributed by atoms with Crippen molar-refractivity contribution in [1.82, 2.24) is 4.90 Å². The molecule has 1 saturated heterocycles. The Labute approximate surface area is 74.8 Å². The summed E-state index contributed by atoms with van der Waals surface area (Å²) in [6, 6.07) is -1.23. The predicted octanol–water partition coefficient (Wildman–Crippen LogP) is 1.33. The van der Waals surface area contributed by atoms with Gasteiger partial charge < -0.3 is 5.11 Å². The monoisotopic (exact) mass is 172 g/mol. The number of nitrogens with zero attached hydrogens (tertiary/aromatic N) is 1. The Morgan fingerprint density at radius 2 is 2.33 bits per heavy atom. The highest BCUT2D eigenvalue weighted by Gasteiger charge is 2.29. The topological polar surface area (TPSA) is 40.5 Å². The minimum Gasteiger partial charge on any atom is -0.480 e. The van der Waals surface area contributed by atoms with Gasteiger partial charge in [-0.15, -0.1) is 0 Å². The average molecular weight is 172 g/mol. The molecule has 0 amide bonds. The lowest BCUT2D eigenvalue weighted by Crippen LogP contribution is -2.48. The molecule has 0 radical (unpaired) electrons. The molecule has 0 spiro atoms. The highest BCUT2D eigenvalue weighted by molar-refractivity contribution is 5.73. The van der Waals surface area contributed by atoms with E-state index in [9.17, 15) is 4.79 Å². The Kier molecular flexibility index (Phi) is 2.61. The lowest BCUT2D eigenvalue weighted by molar-refractivity contribution is -0.145. The molecule has 1 rings (SSSR count). The molecule has 1 aliphatic heterocycles. The van der Waals surface area contributed by atoms with Crippen molar-refractivity contribution < 1.29 is 11.3 Å². The van der Waals surface area contributed by atoms with E-state index in [-0.39, 0.29) is 0 Å². The molecule has 3 nitrogen and oxygen atoms in total. The maximum atomic E-state index is 10.9. The van der Waals surface area contributed by atoms with Gasteiger partial charge in [0.05, 0.1) is 0 Å². The third kappa shape index (κ3) is 1.97. The van der Waals surface area contributed by atoms with Gasteiger partial charge in [0.2, 0.25) is 0 Å². The summed E-state index contributed by atoms with van der Waals surface area (Å²) in [5.74, 6) is -0.792. The van der Waals surface area contributed by atoms with E-state index in [4.69, 9.17) is 6.48 Å². The molecule has 70 valence electrons. The summed E-state index contributed by atoms with van der Waals surface area (Å²) in [6.45, 7) is 4.22. The van der Waals surface area contributed by atoms with E-state index in [1.165, 1.54) is 0 Å². The van der Waals surface area contributed by atoms with E-state index >= 15 is 0 Å². The van der Waals surface area contributed by atoms with E-state index in [1.54, 1.807) is 18.7 Å². The molecule has 1 unspecified atom stereocenters. The summed E-state index contributed by atoms with van der Waals surface area (Å²) in [4.78, 5) is 12.6. The van der Waals surface area contributed by atoms with Crippen LogP contribution in [-0.2, 0) is 4.79 Å². The number of hydrogen-bond acceptors (Lipinski definition) is 2. The molecule has 0 bridgehead atoms. The van der Waals surface area contributed by atoms with Crippen molar-refractivity contribution in [2.75, 3.05) is 6.54 Å². The molecule has 0 saturated carbocycles. The third-order valence-corrected chi connectivity index (χ3v) is 2.36. The zero-order chi connectivity index (χ0) is 10.1. The highest BCUT2D eigenvalue weighted by atomic mass is 16.4. The second-order valence-electron chi connectivity index (χ2n) is 3.49. The van der Waals surface area contributed by atoms with Crippen LogP contribution >= 0.6 is 0 Å². The van der Waals surface area contributed by atoms with Crippen molar-refractivity contribution >= 4 is 5.97 Å². The quantitative estimate of drug-likeness (QED) is 0.683. The summed E-state index contributed by atoms with van der Waals surface area (Å²) < 4.78 is 7.81. The number of hydrogen-bond donors (Lipinski definition) is 1. The Bertz CT molecular complexity index is 200. The van der Waals surface area contributed by atoms with E-state index < -0.39 is 18.0 Å². The lowest BCUT2D eigenvalue weighted by Gasteiger charge is -2.35. The number of carboxylic acid groups (broad SMARTS) is 1. The van der Waals surface area contributed by atoms with Gasteiger partial charge >= 0.3 is 5.97 Å². The molecule has 1 heterocycles. The van der Waals surface area contributed by atoms with Gasteiger partial charge in [-0.2, -0.15) is 0 Å². The number of carboxylic acids is 1. The van der Waals surface area contributed by atoms with Gasteiger partial charge in [-0.05, 0) is 33.2 Å². The van der Waals surface area contributed by atoms with E-state index in [1.807, 2.05) is 0 Å². The van der Waals surface area contributed by atoms with E-state index in [2.05, 4.69) is 0 Å². The maximum Gasteiger partial charge on any atom is 0.320 e. The molecule has 12 heavy (non-hydrogen) atoms. The lowest BCUT2D eigenvalue weighted by atomic mass is 10.0. The number of rotatable bonds is 2. The van der Waals surface area contributed by atoms with Crippen molar-refractivity contribution in [3.8, 4) is 0 Å². The summed E-state index contributed by atoms with van der Waals surface area (Å²) in [5, 5.41) is 8.95. The first-order chi connectivity index (χ1) is 5.93. The van der Waals surface area contributed by atoms with Crippen LogP contribution in [0.2, 0.25) is 0 Å². The summed E-state index contributed by atoms with van der Waals surface area (Å²) in [5.41, 5.74) is 0. The second kappa shape index (κ2) is 3.90. The first-order valence-electron chi connectivity index (χ1n) is 4.92. The molecule has 1 fully saturated rings. The largest absolute Gasteiger partial charge is 0.480 e. The van der Waals surface area contributed by atoms with E-state index in [0.717, 1.165) is 19.4 Å². The van der Waals surface area contributed by atoms with Gasteiger partial charge in [0.15, 0.2) is 0 Å². The number of aliphatic carboxylic acids is 1. The second-order valence-corrected chi connectivity index (χ2v) is 3.49. The minimum atomic E-state index is -0.792. The molecule has 1 aliphatic rings. The number of likely N-dealkylation sites (tertiary alicyclic amines) is 1. The van der Waals surface area contributed by atoms with Gasteiger partial charge in [-0.25, -0.2) is 0 Å². The Morgan fingerprint density at radius 3 is 2.75 bits per heavy atom. The molecule has 3 heteroatoms. The standard InChI is InChI=1S/C9H17NO2/c1-7(2)10-6-4-3-5-8(10)9(11)12/h7-8H,3-6H2,1-2H3,(H,11,12)/i7D. The number of piperidine rings is 1. The van der Waals surface area contributed by atoms with Crippen LogP contribution in [-0.4, -0.2) is 34.6 Å². The molecule has 1 N–H and O–H groups in total. The smallest absolute Gasteiger partial charge is 0.320 e. The summed E-state index contributed by atoms with van der Waals surface area (Å²) >= 11 is 0. The van der Waals surface area contributed by atoms with Gasteiger partial charge in [-0.1, -0.05) is 6.42 Å². The van der Waals surface area contributed by atoms with Crippen molar-refractivity contribution in [3.05, 3.63) is 0 Å². The van der Waals surface area contributed by atoms with E-state index in [0.29, 0.717) is 6.42 Å². The number of carbonyl (C=O) groups is 1. The molecular formula is C9H17NO2. The molecule has 0 aromatic carbocycles. The summed E-state index contributed by atoms with van der Waals surface area (Å²) in [7, 11) is 0. The SMILES string of the molecule is [2H]C(C)(C)N1CCCCC1C(=O)O. The molecular weight excluding hydrogens is 154 g/mol. The van der Waals surface area contributed by atoms with Crippen LogP contribution in [0.15, 0.2) is 0 Å². The first kappa shape index (κ1) is 8.05. The molecule has 0 aromatic heterocycles. The van der Waals surface area contributed by atoms with Gasteiger partial charge in [-0.3, -0.25) is 9.69 Å². The Hall–Kier alpha value is -0.570. The van der Waals surface area contributed by atoms with Crippen LogP contribution in [0.5, 0.6) is 0 Å². The van der Waals surface area contributed by atoms with Crippen LogP contribution in [0.4, 0.5) is 0 Å². The molecule has 0 aromatic rings. The Morgan fingerprint density at radius 1 is 1.67 bits per heavy atom. The van der Waals surface area contributed by atoms with Gasteiger partial charge in [0, 0.05) is 7.39 Å². The first-order valence-corrected chi connectivity index (χ1v) is 4.42. The van der Waals surface area contributed by atoms with Crippen molar-refractivity contribution in [1.29, 1.82) is 0 Å².